The van der Waals surface area contributed by atoms with E-state index in [1.807, 2.05) is 42.5 Å². The van der Waals surface area contributed by atoms with Crippen LogP contribution in [0.15, 0.2) is 65.5 Å². The molecule has 5 nitrogen and oxygen atoms in total. The third-order valence-electron chi connectivity index (χ3n) is 3.43. The third kappa shape index (κ3) is 2.09. The maximum absolute atomic E-state index is 12.1. The van der Waals surface area contributed by atoms with Crippen LogP contribution in [0.25, 0.3) is 21.9 Å². The summed E-state index contributed by atoms with van der Waals surface area (Å²) in [6.07, 6.45) is 4.43. The average Bonchev–Trinajstić information content (AvgIpc) is 2.93. The molecule has 0 spiro atoms. The molecule has 1 amide bonds. The number of aromatic nitrogens is 2. The molecule has 2 aromatic carbocycles. The number of nitrogens with zero attached hydrogens (tertiary/aromatic N) is 2. The van der Waals surface area contributed by atoms with E-state index in [0.717, 1.165) is 21.9 Å². The van der Waals surface area contributed by atoms with E-state index in [1.165, 1.54) is 18.6 Å². The maximum atomic E-state index is 12.1. The van der Waals surface area contributed by atoms with E-state index >= 15 is 0 Å². The van der Waals surface area contributed by atoms with Gasteiger partial charge in [0.15, 0.2) is 0 Å². The van der Waals surface area contributed by atoms with Gasteiger partial charge in [0.1, 0.15) is 16.9 Å². The van der Waals surface area contributed by atoms with Gasteiger partial charge in [-0.15, -0.1) is 0 Å². The Labute approximate surface area is 125 Å². The largest absolute Gasteiger partial charge is 0.456 e. The van der Waals surface area contributed by atoms with E-state index in [-0.39, 0.29) is 11.6 Å². The van der Waals surface area contributed by atoms with Crippen LogP contribution in [0, 0.1) is 0 Å². The number of benzene rings is 2. The summed E-state index contributed by atoms with van der Waals surface area (Å²) in [5.41, 5.74) is 2.49. The molecule has 0 atom stereocenters. The summed E-state index contributed by atoms with van der Waals surface area (Å²) in [4.78, 5) is 19.9. The molecule has 0 fully saturated rings. The second kappa shape index (κ2) is 4.96. The molecule has 4 rings (SSSR count). The average molecular weight is 289 g/mol. The summed E-state index contributed by atoms with van der Waals surface area (Å²) in [6.45, 7) is 0. The predicted octanol–water partition coefficient (Wildman–Crippen LogP) is 3.63. The molecule has 0 saturated carbocycles. The lowest BCUT2D eigenvalue weighted by Crippen LogP contribution is -2.13. The normalized spacial score (nSPS) is 10.9. The van der Waals surface area contributed by atoms with Crippen molar-refractivity contribution < 1.29 is 9.21 Å². The Morgan fingerprint density at radius 2 is 1.86 bits per heavy atom. The lowest BCUT2D eigenvalue weighted by atomic mass is 10.1. The zero-order chi connectivity index (χ0) is 14.9. The highest BCUT2D eigenvalue weighted by atomic mass is 16.3. The first-order chi connectivity index (χ1) is 10.8. The SMILES string of the molecule is O=C(Nc1ccc2c(c1)oc1ccccc12)c1cnccn1. The molecule has 0 aliphatic heterocycles. The van der Waals surface area contributed by atoms with Crippen LogP contribution in [0.5, 0.6) is 0 Å². The van der Waals surface area contributed by atoms with Crippen molar-refractivity contribution >= 4 is 33.5 Å². The lowest BCUT2D eigenvalue weighted by Gasteiger charge is -2.03. The van der Waals surface area contributed by atoms with E-state index in [9.17, 15) is 4.79 Å². The minimum atomic E-state index is -0.302. The van der Waals surface area contributed by atoms with Crippen LogP contribution < -0.4 is 5.32 Å². The lowest BCUT2D eigenvalue weighted by molar-refractivity contribution is 0.102. The van der Waals surface area contributed by atoms with Crippen molar-refractivity contribution in [2.45, 2.75) is 0 Å². The highest BCUT2D eigenvalue weighted by molar-refractivity contribution is 6.07. The van der Waals surface area contributed by atoms with Crippen LogP contribution in [0.3, 0.4) is 0 Å². The standard InChI is InChI=1S/C17H11N3O2/c21-17(14-10-18-7-8-19-14)20-11-5-6-13-12-3-1-2-4-15(12)22-16(13)9-11/h1-10H,(H,20,21). The Morgan fingerprint density at radius 1 is 1.00 bits per heavy atom. The molecule has 106 valence electrons. The second-order valence-corrected chi connectivity index (χ2v) is 4.85. The van der Waals surface area contributed by atoms with Gasteiger partial charge in [-0.1, -0.05) is 18.2 Å². The zero-order valence-electron chi connectivity index (χ0n) is 11.5. The number of fused-ring (bicyclic) bond motifs is 3. The molecule has 0 unspecified atom stereocenters. The molecule has 0 aliphatic rings. The van der Waals surface area contributed by atoms with Crippen LogP contribution >= 0.6 is 0 Å². The van der Waals surface area contributed by atoms with Crippen molar-refractivity contribution in [1.82, 2.24) is 9.97 Å². The maximum Gasteiger partial charge on any atom is 0.275 e. The summed E-state index contributed by atoms with van der Waals surface area (Å²) < 4.78 is 5.80. The highest BCUT2D eigenvalue weighted by Gasteiger charge is 2.10. The topological polar surface area (TPSA) is 68.0 Å². The van der Waals surface area contributed by atoms with Crippen LogP contribution in [0.1, 0.15) is 10.5 Å². The number of anilines is 1. The predicted molar refractivity (Wildman–Crippen MR) is 83.7 cm³/mol. The number of para-hydroxylation sites is 1. The Hall–Kier alpha value is -3.21. The third-order valence-corrected chi connectivity index (χ3v) is 3.43. The van der Waals surface area contributed by atoms with E-state index < -0.39 is 0 Å². The number of hydrogen-bond acceptors (Lipinski definition) is 4. The molecule has 2 aromatic heterocycles. The molecule has 1 N–H and O–H groups in total. The number of hydrogen-bond donors (Lipinski definition) is 1. The first-order valence-electron chi connectivity index (χ1n) is 6.80. The molecule has 0 saturated heterocycles. The van der Waals surface area contributed by atoms with E-state index in [1.54, 1.807) is 0 Å². The minimum Gasteiger partial charge on any atom is -0.456 e. The fraction of sp³-hybridized carbons (Fsp3) is 0. The van der Waals surface area contributed by atoms with Crippen molar-refractivity contribution in [1.29, 1.82) is 0 Å². The number of nitrogens with one attached hydrogen (secondary N) is 1. The van der Waals surface area contributed by atoms with Gasteiger partial charge in [0.25, 0.3) is 5.91 Å². The van der Waals surface area contributed by atoms with Gasteiger partial charge in [0.2, 0.25) is 0 Å². The Bertz CT molecular complexity index is 977. The van der Waals surface area contributed by atoms with Crippen LogP contribution in [-0.4, -0.2) is 15.9 Å². The fourth-order valence-corrected chi connectivity index (χ4v) is 2.42. The van der Waals surface area contributed by atoms with Crippen molar-refractivity contribution in [3.05, 3.63) is 66.7 Å². The molecule has 2 heterocycles. The van der Waals surface area contributed by atoms with Crippen LogP contribution in [0.4, 0.5) is 5.69 Å². The Morgan fingerprint density at radius 3 is 2.73 bits per heavy atom. The minimum absolute atomic E-state index is 0.271. The number of furan rings is 1. The summed E-state index contributed by atoms with van der Waals surface area (Å²) in [6, 6.07) is 13.4. The van der Waals surface area contributed by atoms with Gasteiger partial charge in [-0.05, 0) is 18.2 Å². The summed E-state index contributed by atoms with van der Waals surface area (Å²) in [5.74, 6) is -0.302. The van der Waals surface area contributed by atoms with Crippen molar-refractivity contribution in [3.63, 3.8) is 0 Å². The fourth-order valence-electron chi connectivity index (χ4n) is 2.42. The van der Waals surface area contributed by atoms with Gasteiger partial charge in [0.05, 0.1) is 6.20 Å². The quantitative estimate of drug-likeness (QED) is 0.612. The summed E-state index contributed by atoms with van der Waals surface area (Å²) in [5, 5.41) is 4.87. The Balaban J connectivity index is 1.71. The number of carbonyl (C=O) groups is 1. The second-order valence-electron chi connectivity index (χ2n) is 4.85. The van der Waals surface area contributed by atoms with Gasteiger partial charge >= 0.3 is 0 Å². The van der Waals surface area contributed by atoms with Crippen LogP contribution in [-0.2, 0) is 0 Å². The molecule has 4 aromatic rings. The number of amides is 1. The summed E-state index contributed by atoms with van der Waals surface area (Å²) in [7, 11) is 0. The van der Waals surface area contributed by atoms with E-state index in [2.05, 4.69) is 15.3 Å². The molecular formula is C17H11N3O2. The van der Waals surface area contributed by atoms with Gasteiger partial charge in [0, 0.05) is 34.9 Å². The highest BCUT2D eigenvalue weighted by Crippen LogP contribution is 2.30. The first kappa shape index (κ1) is 12.5. The molecular weight excluding hydrogens is 278 g/mol. The molecule has 0 radical (unpaired) electrons. The van der Waals surface area contributed by atoms with Crippen molar-refractivity contribution in [2.75, 3.05) is 5.32 Å². The molecule has 0 aliphatic carbocycles. The van der Waals surface area contributed by atoms with Crippen LogP contribution in [0.2, 0.25) is 0 Å². The summed E-state index contributed by atoms with van der Waals surface area (Å²) >= 11 is 0. The van der Waals surface area contributed by atoms with E-state index in [0.29, 0.717) is 5.69 Å². The van der Waals surface area contributed by atoms with Crippen molar-refractivity contribution in [3.8, 4) is 0 Å². The van der Waals surface area contributed by atoms with Gasteiger partial charge in [-0.2, -0.15) is 0 Å². The number of carbonyl (C=O) groups excluding carboxylic acids is 1. The molecule has 22 heavy (non-hydrogen) atoms. The monoisotopic (exact) mass is 289 g/mol. The Kier molecular flexibility index (Phi) is 2.83. The molecule has 5 heteroatoms. The molecule has 0 bridgehead atoms. The first-order valence-corrected chi connectivity index (χ1v) is 6.80. The zero-order valence-corrected chi connectivity index (χ0v) is 11.5. The van der Waals surface area contributed by atoms with E-state index in [4.69, 9.17) is 4.42 Å². The van der Waals surface area contributed by atoms with Gasteiger partial charge in [-0.3, -0.25) is 9.78 Å². The number of rotatable bonds is 2. The van der Waals surface area contributed by atoms with Gasteiger partial charge in [-0.25, -0.2) is 4.98 Å². The smallest absolute Gasteiger partial charge is 0.275 e. The van der Waals surface area contributed by atoms with Gasteiger partial charge < -0.3 is 9.73 Å². The van der Waals surface area contributed by atoms with Crippen molar-refractivity contribution in [2.24, 2.45) is 0 Å².